The summed E-state index contributed by atoms with van der Waals surface area (Å²) < 4.78 is 36.9. The summed E-state index contributed by atoms with van der Waals surface area (Å²) >= 11 is 3.13. The normalized spacial score (nSPS) is 9.56. The molecule has 1 rings (SSSR count). The van der Waals surface area contributed by atoms with Gasteiger partial charge in [0.1, 0.15) is 0 Å². The summed E-state index contributed by atoms with van der Waals surface area (Å²) in [5, 5.41) is 0. The van der Waals surface area contributed by atoms with Crippen LogP contribution in [0, 0.1) is 6.92 Å². The van der Waals surface area contributed by atoms with E-state index in [1.165, 1.54) is 6.07 Å². The number of hydrogen-bond acceptors (Lipinski definition) is 0. The van der Waals surface area contributed by atoms with Crippen LogP contribution in [0.1, 0.15) is 38.8 Å². The van der Waals surface area contributed by atoms with E-state index in [9.17, 15) is 13.2 Å². The van der Waals surface area contributed by atoms with Crippen LogP contribution in [0.4, 0.5) is 13.2 Å². The van der Waals surface area contributed by atoms with Crippen molar-refractivity contribution in [3.05, 3.63) is 33.8 Å². The standard InChI is InChI=1S/C8H6BrF3.2C2H6/c1-5-4-6(8(10,11)12)2-3-7(5)9;2*1-2/h2-4H,1H3;2*1-2H3. The minimum absolute atomic E-state index is 0.588. The Morgan fingerprint density at radius 1 is 1.00 bits per heavy atom. The molecule has 0 aliphatic carbocycles. The van der Waals surface area contributed by atoms with Crippen LogP contribution in [0.25, 0.3) is 0 Å². The van der Waals surface area contributed by atoms with Crippen LogP contribution in [0.3, 0.4) is 0 Å². The van der Waals surface area contributed by atoms with Gasteiger partial charge in [-0.25, -0.2) is 0 Å². The summed E-state index contributed by atoms with van der Waals surface area (Å²) in [6.07, 6.45) is -4.24. The van der Waals surface area contributed by atoms with Gasteiger partial charge in [0.15, 0.2) is 0 Å². The Hall–Kier alpha value is -0.510. The zero-order chi connectivity index (χ0) is 13.4. The highest BCUT2D eigenvalue weighted by Crippen LogP contribution is 2.31. The van der Waals surface area contributed by atoms with Crippen molar-refractivity contribution in [3.8, 4) is 0 Å². The van der Waals surface area contributed by atoms with Gasteiger partial charge in [-0.2, -0.15) is 13.2 Å². The summed E-state index contributed by atoms with van der Waals surface area (Å²) in [7, 11) is 0. The fraction of sp³-hybridized carbons (Fsp3) is 0.500. The van der Waals surface area contributed by atoms with Crippen molar-refractivity contribution in [3.63, 3.8) is 0 Å². The molecule has 0 N–H and O–H groups in total. The van der Waals surface area contributed by atoms with Crippen LogP contribution in [0.2, 0.25) is 0 Å². The first-order valence-electron chi connectivity index (χ1n) is 5.24. The molecule has 0 unspecified atom stereocenters. The van der Waals surface area contributed by atoms with Crippen molar-refractivity contribution in [1.29, 1.82) is 0 Å². The fourth-order valence-electron chi connectivity index (χ4n) is 0.821. The predicted octanol–water partition coefficient (Wildman–Crippen LogP) is 5.83. The predicted molar refractivity (Wildman–Crippen MR) is 66.6 cm³/mol. The van der Waals surface area contributed by atoms with Crippen LogP contribution in [-0.2, 0) is 6.18 Å². The Kier molecular flexibility index (Phi) is 9.63. The molecule has 0 radical (unpaired) electrons. The SMILES string of the molecule is CC.CC.Cc1cc(C(F)(F)F)ccc1Br. The summed E-state index contributed by atoms with van der Waals surface area (Å²) in [5.41, 5.74) is -0.0203. The maximum atomic E-state index is 12.1. The molecule has 0 saturated carbocycles. The van der Waals surface area contributed by atoms with Gasteiger partial charge in [0.05, 0.1) is 5.56 Å². The maximum Gasteiger partial charge on any atom is 0.416 e. The largest absolute Gasteiger partial charge is 0.416 e. The smallest absolute Gasteiger partial charge is 0.166 e. The second-order valence-corrected chi connectivity index (χ2v) is 3.32. The van der Waals surface area contributed by atoms with Gasteiger partial charge in [0, 0.05) is 4.47 Å². The van der Waals surface area contributed by atoms with E-state index in [-0.39, 0.29) is 0 Å². The van der Waals surface area contributed by atoms with Gasteiger partial charge in [0.2, 0.25) is 0 Å². The summed E-state index contributed by atoms with van der Waals surface area (Å²) in [6.45, 7) is 9.62. The summed E-state index contributed by atoms with van der Waals surface area (Å²) in [4.78, 5) is 0. The van der Waals surface area contributed by atoms with E-state index in [4.69, 9.17) is 0 Å². The molecule has 0 nitrogen and oxygen atoms in total. The third-order valence-electron chi connectivity index (χ3n) is 1.49. The van der Waals surface area contributed by atoms with E-state index in [1.807, 2.05) is 27.7 Å². The first kappa shape index (κ1) is 17.9. The highest BCUT2D eigenvalue weighted by atomic mass is 79.9. The Balaban J connectivity index is 0. The van der Waals surface area contributed by atoms with Gasteiger partial charge in [-0.1, -0.05) is 43.6 Å². The van der Waals surface area contributed by atoms with Gasteiger partial charge in [-0.05, 0) is 30.7 Å². The number of aryl methyl sites for hydroxylation is 1. The molecular weight excluding hydrogens is 281 g/mol. The quantitative estimate of drug-likeness (QED) is 0.565. The Morgan fingerprint density at radius 2 is 1.44 bits per heavy atom. The lowest BCUT2D eigenvalue weighted by atomic mass is 10.1. The minimum atomic E-state index is -4.24. The van der Waals surface area contributed by atoms with Crippen molar-refractivity contribution in [2.24, 2.45) is 0 Å². The van der Waals surface area contributed by atoms with E-state index in [1.54, 1.807) is 6.92 Å². The van der Waals surface area contributed by atoms with Crippen molar-refractivity contribution >= 4 is 15.9 Å². The molecule has 0 heterocycles. The lowest BCUT2D eigenvalue weighted by Gasteiger charge is -2.07. The van der Waals surface area contributed by atoms with Crippen LogP contribution in [-0.4, -0.2) is 0 Å². The highest BCUT2D eigenvalue weighted by molar-refractivity contribution is 9.10. The highest BCUT2D eigenvalue weighted by Gasteiger charge is 2.30. The molecule has 0 fully saturated rings. The first-order chi connectivity index (χ1) is 7.41. The molecule has 4 heteroatoms. The number of benzene rings is 1. The van der Waals surface area contributed by atoms with Crippen LogP contribution < -0.4 is 0 Å². The number of halogens is 4. The lowest BCUT2D eigenvalue weighted by Crippen LogP contribution is -2.04. The van der Waals surface area contributed by atoms with Gasteiger partial charge < -0.3 is 0 Å². The van der Waals surface area contributed by atoms with Gasteiger partial charge in [-0.15, -0.1) is 0 Å². The van der Waals surface area contributed by atoms with Crippen LogP contribution in [0.15, 0.2) is 22.7 Å². The Labute approximate surface area is 104 Å². The average Bonchev–Trinajstić information content (AvgIpc) is 2.26. The molecule has 1 aromatic carbocycles. The van der Waals surface area contributed by atoms with Crippen molar-refractivity contribution < 1.29 is 13.2 Å². The van der Waals surface area contributed by atoms with E-state index in [0.29, 0.717) is 10.0 Å². The molecule has 1 aromatic rings. The maximum absolute atomic E-state index is 12.1. The zero-order valence-corrected chi connectivity index (χ0v) is 11.8. The first-order valence-corrected chi connectivity index (χ1v) is 6.04. The third kappa shape index (κ3) is 6.16. The molecule has 0 amide bonds. The zero-order valence-electron chi connectivity index (χ0n) is 10.2. The van der Waals surface area contributed by atoms with Gasteiger partial charge in [-0.3, -0.25) is 0 Å². The minimum Gasteiger partial charge on any atom is -0.166 e. The fourth-order valence-corrected chi connectivity index (χ4v) is 1.07. The van der Waals surface area contributed by atoms with Gasteiger partial charge >= 0.3 is 6.18 Å². The van der Waals surface area contributed by atoms with E-state index < -0.39 is 11.7 Å². The van der Waals surface area contributed by atoms with Crippen LogP contribution in [0.5, 0.6) is 0 Å². The monoisotopic (exact) mass is 298 g/mol. The Bertz CT molecular complexity index is 293. The summed E-state index contributed by atoms with van der Waals surface area (Å²) in [6, 6.07) is 3.57. The molecule has 0 bridgehead atoms. The van der Waals surface area contributed by atoms with Crippen molar-refractivity contribution in [2.45, 2.75) is 40.8 Å². The summed E-state index contributed by atoms with van der Waals surface area (Å²) in [5.74, 6) is 0. The number of rotatable bonds is 0. The van der Waals surface area contributed by atoms with Gasteiger partial charge in [0.25, 0.3) is 0 Å². The number of hydrogen-bond donors (Lipinski definition) is 0. The second-order valence-electron chi connectivity index (χ2n) is 2.46. The molecule has 94 valence electrons. The molecule has 0 spiro atoms. The molecular formula is C12H18BrF3. The molecule has 16 heavy (non-hydrogen) atoms. The molecule has 0 aliphatic heterocycles. The molecule has 0 aliphatic rings. The van der Waals surface area contributed by atoms with E-state index in [0.717, 1.165) is 12.1 Å². The topological polar surface area (TPSA) is 0 Å². The lowest BCUT2D eigenvalue weighted by molar-refractivity contribution is -0.137. The van der Waals surface area contributed by atoms with Crippen molar-refractivity contribution in [1.82, 2.24) is 0 Å². The average molecular weight is 299 g/mol. The second kappa shape index (κ2) is 8.62. The third-order valence-corrected chi connectivity index (χ3v) is 2.38. The number of alkyl halides is 3. The van der Waals surface area contributed by atoms with Crippen LogP contribution >= 0.6 is 15.9 Å². The Morgan fingerprint density at radius 3 is 1.75 bits per heavy atom. The molecule has 0 atom stereocenters. The van der Waals surface area contributed by atoms with E-state index in [2.05, 4.69) is 15.9 Å². The van der Waals surface area contributed by atoms with E-state index >= 15 is 0 Å². The molecule has 0 aromatic heterocycles. The molecule has 0 saturated heterocycles. The van der Waals surface area contributed by atoms with Crippen molar-refractivity contribution in [2.75, 3.05) is 0 Å².